The van der Waals surface area contributed by atoms with Gasteiger partial charge in [-0.3, -0.25) is 4.98 Å². The van der Waals surface area contributed by atoms with Crippen LogP contribution >= 0.6 is 11.6 Å². The summed E-state index contributed by atoms with van der Waals surface area (Å²) in [5.41, 5.74) is 2.96. The predicted octanol–water partition coefficient (Wildman–Crippen LogP) is 4.57. The van der Waals surface area contributed by atoms with Crippen molar-refractivity contribution in [3.05, 3.63) is 83.0 Å². The Balaban J connectivity index is 1.62. The molecule has 3 aromatic rings. The van der Waals surface area contributed by atoms with Gasteiger partial charge < -0.3 is 9.15 Å². The molecule has 0 fully saturated rings. The zero-order chi connectivity index (χ0) is 16.8. The summed E-state index contributed by atoms with van der Waals surface area (Å²) in [6, 6.07) is 13.5. The largest absolute Gasteiger partial charge is 0.464 e. The van der Waals surface area contributed by atoms with Crippen LogP contribution in [0.15, 0.2) is 70.6 Å². The third-order valence-corrected chi connectivity index (χ3v) is 4.78. The fourth-order valence-electron chi connectivity index (χ4n) is 3.40. The van der Waals surface area contributed by atoms with Gasteiger partial charge in [-0.05, 0) is 42.5 Å². The molecule has 0 radical (unpaired) electrons. The maximum Gasteiger partial charge on any atom is 0.213 e. The van der Waals surface area contributed by atoms with Gasteiger partial charge in [0.25, 0.3) is 0 Å². The Bertz CT molecular complexity index is 941. The molecular weight excluding hydrogens is 338 g/mol. The van der Waals surface area contributed by atoms with Crippen molar-refractivity contribution in [2.45, 2.75) is 18.7 Å². The molecule has 25 heavy (non-hydrogen) atoms. The molecule has 2 atom stereocenters. The van der Waals surface area contributed by atoms with E-state index in [4.69, 9.17) is 25.9 Å². The first-order chi connectivity index (χ1) is 12.3. The predicted molar refractivity (Wildman–Crippen MR) is 93.5 cm³/mol. The molecule has 4 heterocycles. The monoisotopic (exact) mass is 351 g/mol. The van der Waals surface area contributed by atoms with Crippen molar-refractivity contribution in [1.82, 2.24) is 9.99 Å². The number of hydrogen-bond acceptors (Lipinski definition) is 5. The molecule has 0 N–H and O–H groups in total. The van der Waals surface area contributed by atoms with Gasteiger partial charge in [-0.2, -0.15) is 5.10 Å². The molecule has 0 aliphatic carbocycles. The first-order valence-corrected chi connectivity index (χ1v) is 8.43. The number of fused-ring (bicyclic) bond motifs is 3. The van der Waals surface area contributed by atoms with Crippen molar-refractivity contribution in [2.75, 3.05) is 0 Å². The van der Waals surface area contributed by atoms with Crippen molar-refractivity contribution in [2.24, 2.45) is 5.10 Å². The number of rotatable bonds is 2. The number of furan rings is 1. The van der Waals surface area contributed by atoms with Crippen LogP contribution in [0.4, 0.5) is 0 Å². The number of hydrazone groups is 1. The first-order valence-electron chi connectivity index (χ1n) is 8.05. The molecule has 0 saturated heterocycles. The zero-order valence-electron chi connectivity index (χ0n) is 13.2. The highest BCUT2D eigenvalue weighted by Gasteiger charge is 2.41. The van der Waals surface area contributed by atoms with Gasteiger partial charge in [0.15, 0.2) is 0 Å². The Morgan fingerprint density at radius 3 is 2.80 bits per heavy atom. The lowest BCUT2D eigenvalue weighted by molar-refractivity contribution is -0.0190. The Kier molecular flexibility index (Phi) is 3.28. The third-order valence-electron chi connectivity index (χ3n) is 4.55. The van der Waals surface area contributed by atoms with Crippen LogP contribution in [0.1, 0.15) is 35.6 Å². The van der Waals surface area contributed by atoms with E-state index < -0.39 is 0 Å². The molecular formula is C19H14ClN3O2. The number of aromatic nitrogens is 1. The van der Waals surface area contributed by atoms with Crippen molar-refractivity contribution in [3.63, 3.8) is 0 Å². The summed E-state index contributed by atoms with van der Waals surface area (Å²) in [5.74, 6) is 1.62. The molecule has 5 rings (SSSR count). The lowest BCUT2D eigenvalue weighted by atomic mass is 9.97. The van der Waals surface area contributed by atoms with Gasteiger partial charge in [-0.1, -0.05) is 11.6 Å². The molecule has 2 aromatic heterocycles. The summed E-state index contributed by atoms with van der Waals surface area (Å²) in [6.45, 7) is 0. The maximum atomic E-state index is 6.25. The molecule has 0 spiro atoms. The first kappa shape index (κ1) is 14.5. The molecule has 2 aliphatic heterocycles. The van der Waals surface area contributed by atoms with Crippen molar-refractivity contribution >= 4 is 17.3 Å². The summed E-state index contributed by atoms with van der Waals surface area (Å²) in [6.07, 6.45) is 5.62. The van der Waals surface area contributed by atoms with Crippen LogP contribution in [0.2, 0.25) is 5.02 Å². The standard InChI is InChI=1S/C19H14ClN3O2/c20-13-3-4-17-14(10-13)16-11-15(18-2-1-9-24-18)22-23(16)19(25-17)12-5-7-21-8-6-12/h1-10,16,19H,11H2/t16-,19+/m1/s1. The van der Waals surface area contributed by atoms with Crippen LogP contribution in [0, 0.1) is 0 Å². The van der Waals surface area contributed by atoms with Crippen molar-refractivity contribution in [3.8, 4) is 5.75 Å². The Hall–Kier alpha value is -2.79. The molecule has 124 valence electrons. The van der Waals surface area contributed by atoms with E-state index in [1.54, 1.807) is 18.7 Å². The smallest absolute Gasteiger partial charge is 0.213 e. The highest BCUT2D eigenvalue weighted by atomic mass is 35.5. The van der Waals surface area contributed by atoms with E-state index in [9.17, 15) is 0 Å². The van der Waals surface area contributed by atoms with Gasteiger partial charge >= 0.3 is 0 Å². The maximum absolute atomic E-state index is 6.25. The average molecular weight is 352 g/mol. The van der Waals surface area contributed by atoms with E-state index >= 15 is 0 Å². The number of hydrogen-bond donors (Lipinski definition) is 0. The molecule has 0 bridgehead atoms. The minimum atomic E-state index is -0.311. The summed E-state index contributed by atoms with van der Waals surface area (Å²) < 4.78 is 11.8. The summed E-state index contributed by atoms with van der Waals surface area (Å²) in [7, 11) is 0. The Morgan fingerprint density at radius 2 is 2.00 bits per heavy atom. The molecule has 0 amide bonds. The van der Waals surface area contributed by atoms with Crippen LogP contribution in [0.25, 0.3) is 0 Å². The van der Waals surface area contributed by atoms with E-state index in [2.05, 4.69) is 4.98 Å². The minimum Gasteiger partial charge on any atom is -0.464 e. The lowest BCUT2D eigenvalue weighted by Crippen LogP contribution is -2.33. The number of pyridine rings is 1. The number of ether oxygens (including phenoxy) is 1. The van der Waals surface area contributed by atoms with E-state index in [0.29, 0.717) is 5.02 Å². The molecule has 0 saturated carbocycles. The van der Waals surface area contributed by atoms with E-state index in [1.165, 1.54) is 0 Å². The van der Waals surface area contributed by atoms with E-state index in [0.717, 1.165) is 34.8 Å². The van der Waals surface area contributed by atoms with Gasteiger partial charge in [0.05, 0.1) is 12.3 Å². The summed E-state index contributed by atoms with van der Waals surface area (Å²) in [5, 5.41) is 7.49. The van der Waals surface area contributed by atoms with Gasteiger partial charge in [-0.25, -0.2) is 5.01 Å². The molecule has 2 aliphatic rings. The number of nitrogens with zero attached hydrogens (tertiary/aromatic N) is 3. The van der Waals surface area contributed by atoms with E-state index in [-0.39, 0.29) is 12.3 Å². The van der Waals surface area contributed by atoms with E-state index in [1.807, 2.05) is 47.5 Å². The second kappa shape index (κ2) is 5.63. The van der Waals surface area contributed by atoms with Crippen LogP contribution in [0.3, 0.4) is 0 Å². The average Bonchev–Trinajstić information content (AvgIpc) is 3.31. The van der Waals surface area contributed by atoms with Gasteiger partial charge in [0.2, 0.25) is 6.23 Å². The minimum absolute atomic E-state index is 0.0562. The van der Waals surface area contributed by atoms with Crippen molar-refractivity contribution < 1.29 is 9.15 Å². The van der Waals surface area contributed by atoms with Gasteiger partial charge in [0, 0.05) is 35.0 Å². The highest BCUT2D eigenvalue weighted by Crippen LogP contribution is 2.48. The number of halogens is 1. The Labute approximate surface area is 149 Å². The lowest BCUT2D eigenvalue weighted by Gasteiger charge is -2.38. The summed E-state index contributed by atoms with van der Waals surface area (Å²) >= 11 is 6.22. The number of benzene rings is 1. The molecule has 6 heteroatoms. The normalized spacial score (nSPS) is 21.3. The molecule has 0 unspecified atom stereocenters. The fourth-order valence-corrected chi connectivity index (χ4v) is 3.58. The van der Waals surface area contributed by atoms with Crippen LogP contribution in [0.5, 0.6) is 5.75 Å². The second-order valence-electron chi connectivity index (χ2n) is 6.06. The van der Waals surface area contributed by atoms with Crippen LogP contribution in [-0.2, 0) is 0 Å². The van der Waals surface area contributed by atoms with Crippen molar-refractivity contribution in [1.29, 1.82) is 0 Å². The quantitative estimate of drug-likeness (QED) is 0.678. The van der Waals surface area contributed by atoms with Gasteiger partial charge in [-0.15, -0.1) is 0 Å². The fraction of sp³-hybridized carbons (Fsp3) is 0.158. The topological polar surface area (TPSA) is 50.9 Å². The molecule has 1 aromatic carbocycles. The van der Waals surface area contributed by atoms with Gasteiger partial charge in [0.1, 0.15) is 17.2 Å². The third kappa shape index (κ3) is 2.39. The Morgan fingerprint density at radius 1 is 1.12 bits per heavy atom. The second-order valence-corrected chi connectivity index (χ2v) is 6.49. The van der Waals surface area contributed by atoms with Crippen LogP contribution < -0.4 is 4.74 Å². The zero-order valence-corrected chi connectivity index (χ0v) is 13.9. The SMILES string of the molecule is Clc1ccc2c(c1)[C@H]1CC(c3ccco3)=NN1[C@H](c1ccncc1)O2. The highest BCUT2D eigenvalue weighted by molar-refractivity contribution is 6.30. The van der Waals surface area contributed by atoms with Crippen LogP contribution in [-0.4, -0.2) is 15.7 Å². The molecule has 5 nitrogen and oxygen atoms in total. The summed E-state index contributed by atoms with van der Waals surface area (Å²) in [4.78, 5) is 4.09.